The third-order valence-corrected chi connectivity index (χ3v) is 2.62. The van der Waals surface area contributed by atoms with E-state index < -0.39 is 0 Å². The van der Waals surface area contributed by atoms with E-state index in [4.69, 9.17) is 0 Å². The third kappa shape index (κ3) is 3.93. The van der Waals surface area contributed by atoms with Gasteiger partial charge in [-0.2, -0.15) is 0 Å². The fourth-order valence-corrected chi connectivity index (χ4v) is 1.67. The lowest BCUT2D eigenvalue weighted by atomic mass is 10.1. The molecule has 0 unspecified atom stereocenters. The smallest absolute Gasteiger partial charge is 0.152 e. The second-order valence-electron chi connectivity index (χ2n) is 4.29. The van der Waals surface area contributed by atoms with E-state index in [-0.39, 0.29) is 11.6 Å². The summed E-state index contributed by atoms with van der Waals surface area (Å²) in [5.41, 5.74) is 2.29. The average molecular weight is 264 g/mol. The van der Waals surface area contributed by atoms with E-state index in [1.165, 1.54) is 25.1 Å². The molecule has 0 heterocycles. The van der Waals surface area contributed by atoms with E-state index in [1.54, 1.807) is 18.2 Å². The standard InChI is InChI=1S/C18H13FO/c1-14(20)9-11-16-6-2-3-7-17(16)12-10-15-5-4-8-18(19)13-15/h2-9,11,13H,1H3/b11-9+. The van der Waals surface area contributed by atoms with Gasteiger partial charge in [0, 0.05) is 11.1 Å². The minimum atomic E-state index is -0.304. The first kappa shape index (κ1) is 13.8. The first-order valence-corrected chi connectivity index (χ1v) is 6.20. The zero-order valence-corrected chi connectivity index (χ0v) is 11.1. The molecule has 0 N–H and O–H groups in total. The molecule has 0 saturated heterocycles. The number of allylic oxidation sites excluding steroid dienone is 1. The zero-order valence-electron chi connectivity index (χ0n) is 11.1. The minimum Gasteiger partial charge on any atom is -0.295 e. The molecule has 0 saturated carbocycles. The summed E-state index contributed by atoms with van der Waals surface area (Å²) in [6, 6.07) is 13.7. The molecule has 0 aliphatic heterocycles. The maximum absolute atomic E-state index is 13.1. The Morgan fingerprint density at radius 1 is 1.10 bits per heavy atom. The Balaban J connectivity index is 2.33. The van der Waals surface area contributed by atoms with Crippen LogP contribution in [0.4, 0.5) is 4.39 Å². The van der Waals surface area contributed by atoms with Gasteiger partial charge in [-0.15, -0.1) is 0 Å². The first-order chi connectivity index (χ1) is 9.65. The number of hydrogen-bond donors (Lipinski definition) is 0. The SMILES string of the molecule is CC(=O)/C=C/c1ccccc1C#Cc1cccc(F)c1. The van der Waals surface area contributed by atoms with Crippen molar-refractivity contribution in [2.45, 2.75) is 6.92 Å². The van der Waals surface area contributed by atoms with Crippen LogP contribution < -0.4 is 0 Å². The molecular weight excluding hydrogens is 251 g/mol. The number of carbonyl (C=O) groups is 1. The van der Waals surface area contributed by atoms with Crippen LogP contribution in [0.5, 0.6) is 0 Å². The van der Waals surface area contributed by atoms with Crippen molar-refractivity contribution < 1.29 is 9.18 Å². The van der Waals surface area contributed by atoms with Crippen molar-refractivity contribution in [3.8, 4) is 11.8 Å². The predicted molar refractivity (Wildman–Crippen MR) is 78.5 cm³/mol. The van der Waals surface area contributed by atoms with Gasteiger partial charge >= 0.3 is 0 Å². The van der Waals surface area contributed by atoms with Crippen LogP contribution in [-0.4, -0.2) is 5.78 Å². The number of ketones is 1. The van der Waals surface area contributed by atoms with Gasteiger partial charge in [0.2, 0.25) is 0 Å². The molecule has 2 rings (SSSR count). The third-order valence-electron chi connectivity index (χ3n) is 2.62. The molecule has 0 aliphatic rings. The Bertz CT molecular complexity index is 717. The van der Waals surface area contributed by atoms with Crippen LogP contribution in [0.1, 0.15) is 23.6 Å². The van der Waals surface area contributed by atoms with Crippen LogP contribution in [0.15, 0.2) is 54.6 Å². The van der Waals surface area contributed by atoms with Crippen LogP contribution in [0.2, 0.25) is 0 Å². The second-order valence-corrected chi connectivity index (χ2v) is 4.29. The fourth-order valence-electron chi connectivity index (χ4n) is 1.67. The van der Waals surface area contributed by atoms with Crippen LogP contribution in [-0.2, 0) is 4.79 Å². The number of halogens is 1. The summed E-state index contributed by atoms with van der Waals surface area (Å²) in [5, 5.41) is 0. The van der Waals surface area contributed by atoms with Crippen LogP contribution in [0.25, 0.3) is 6.08 Å². The second kappa shape index (κ2) is 6.49. The summed E-state index contributed by atoms with van der Waals surface area (Å²) in [6.45, 7) is 1.50. The number of hydrogen-bond acceptors (Lipinski definition) is 1. The van der Waals surface area contributed by atoms with Gasteiger partial charge in [-0.3, -0.25) is 4.79 Å². The van der Waals surface area contributed by atoms with Crippen molar-refractivity contribution in [1.29, 1.82) is 0 Å². The molecule has 0 amide bonds. The van der Waals surface area contributed by atoms with E-state index >= 15 is 0 Å². The highest BCUT2D eigenvalue weighted by molar-refractivity contribution is 5.91. The maximum Gasteiger partial charge on any atom is 0.152 e. The van der Waals surface area contributed by atoms with Gasteiger partial charge in [-0.1, -0.05) is 42.2 Å². The van der Waals surface area contributed by atoms with Crippen molar-refractivity contribution in [2.24, 2.45) is 0 Å². The molecule has 0 fully saturated rings. The van der Waals surface area contributed by atoms with Gasteiger partial charge < -0.3 is 0 Å². The van der Waals surface area contributed by atoms with Crippen molar-refractivity contribution in [3.05, 3.63) is 77.1 Å². The van der Waals surface area contributed by atoms with Gasteiger partial charge in [0.05, 0.1) is 0 Å². The maximum atomic E-state index is 13.1. The van der Waals surface area contributed by atoms with Gasteiger partial charge in [0.1, 0.15) is 5.82 Å². The van der Waals surface area contributed by atoms with Crippen LogP contribution in [0, 0.1) is 17.7 Å². The quantitative estimate of drug-likeness (QED) is 0.595. The molecule has 98 valence electrons. The summed E-state index contributed by atoms with van der Waals surface area (Å²) in [5.74, 6) is 5.60. The van der Waals surface area contributed by atoms with Crippen molar-refractivity contribution in [2.75, 3.05) is 0 Å². The van der Waals surface area contributed by atoms with Gasteiger partial charge in [0.25, 0.3) is 0 Å². The monoisotopic (exact) mass is 264 g/mol. The van der Waals surface area contributed by atoms with Crippen molar-refractivity contribution >= 4 is 11.9 Å². The molecular formula is C18H13FO. The van der Waals surface area contributed by atoms with E-state index in [0.29, 0.717) is 5.56 Å². The summed E-state index contributed by atoms with van der Waals surface area (Å²) < 4.78 is 13.1. The Kier molecular flexibility index (Phi) is 4.47. The number of rotatable bonds is 2. The fraction of sp³-hybridized carbons (Fsp3) is 0.0556. The molecule has 2 heteroatoms. The van der Waals surface area contributed by atoms with Crippen molar-refractivity contribution in [1.82, 2.24) is 0 Å². The lowest BCUT2D eigenvalue weighted by Crippen LogP contribution is -1.85. The van der Waals surface area contributed by atoms with Gasteiger partial charge in [-0.25, -0.2) is 4.39 Å². The highest BCUT2D eigenvalue weighted by Crippen LogP contribution is 2.10. The summed E-state index contributed by atoms with van der Waals surface area (Å²) in [7, 11) is 0. The molecule has 0 aromatic heterocycles. The Morgan fingerprint density at radius 2 is 1.90 bits per heavy atom. The summed E-state index contributed by atoms with van der Waals surface area (Å²) >= 11 is 0. The molecule has 0 bridgehead atoms. The van der Waals surface area contributed by atoms with Crippen LogP contribution >= 0.6 is 0 Å². The largest absolute Gasteiger partial charge is 0.295 e. The topological polar surface area (TPSA) is 17.1 Å². The molecule has 0 aliphatic carbocycles. The van der Waals surface area contributed by atoms with Gasteiger partial charge in [0.15, 0.2) is 5.78 Å². The molecule has 0 radical (unpaired) electrons. The van der Waals surface area contributed by atoms with Gasteiger partial charge in [-0.05, 0) is 42.8 Å². The zero-order chi connectivity index (χ0) is 14.4. The molecule has 2 aromatic rings. The Morgan fingerprint density at radius 3 is 2.65 bits per heavy atom. The molecule has 0 atom stereocenters. The van der Waals surface area contributed by atoms with Crippen LogP contribution in [0.3, 0.4) is 0 Å². The summed E-state index contributed by atoms with van der Waals surface area (Å²) in [6.07, 6.45) is 3.24. The average Bonchev–Trinajstić information content (AvgIpc) is 2.44. The lowest BCUT2D eigenvalue weighted by Gasteiger charge is -1.97. The van der Waals surface area contributed by atoms with E-state index in [0.717, 1.165) is 11.1 Å². The Labute approximate surface area is 117 Å². The van der Waals surface area contributed by atoms with Crippen molar-refractivity contribution in [3.63, 3.8) is 0 Å². The van der Waals surface area contributed by atoms with E-state index in [1.807, 2.05) is 24.3 Å². The molecule has 0 spiro atoms. The number of carbonyl (C=O) groups excluding carboxylic acids is 1. The normalized spacial score (nSPS) is 10.1. The Hall–Kier alpha value is -2.66. The minimum absolute atomic E-state index is 0.0158. The van der Waals surface area contributed by atoms with E-state index in [9.17, 15) is 9.18 Å². The summed E-state index contributed by atoms with van der Waals surface area (Å²) in [4.78, 5) is 11.0. The predicted octanol–water partition coefficient (Wildman–Crippen LogP) is 3.83. The highest BCUT2D eigenvalue weighted by atomic mass is 19.1. The first-order valence-electron chi connectivity index (χ1n) is 6.20. The molecule has 1 nitrogen and oxygen atoms in total. The lowest BCUT2D eigenvalue weighted by molar-refractivity contribution is -0.112. The van der Waals surface area contributed by atoms with E-state index in [2.05, 4.69) is 11.8 Å². The molecule has 20 heavy (non-hydrogen) atoms. The number of benzene rings is 2. The molecule has 2 aromatic carbocycles. The highest BCUT2D eigenvalue weighted by Gasteiger charge is 1.95.